The third-order valence-electron chi connectivity index (χ3n) is 2.97. The minimum atomic E-state index is 0.308. The van der Waals surface area contributed by atoms with E-state index in [-0.39, 0.29) is 0 Å². The molecule has 1 fully saturated rings. The lowest BCUT2D eigenvalue weighted by Crippen LogP contribution is -2.27. The molecular weight excluding hydrogens is 186 g/mol. The maximum absolute atomic E-state index is 5.63. The third-order valence-corrected chi connectivity index (χ3v) is 2.97. The Morgan fingerprint density at radius 2 is 1.87 bits per heavy atom. The molecule has 0 aliphatic carbocycles. The summed E-state index contributed by atoms with van der Waals surface area (Å²) in [5.74, 6) is 0. The molecule has 2 nitrogen and oxygen atoms in total. The fourth-order valence-electron chi connectivity index (χ4n) is 1.95. The Kier molecular flexibility index (Phi) is 2.96. The molecule has 1 aliphatic heterocycles. The molecule has 1 aromatic rings. The topological polar surface area (TPSA) is 15.8 Å². The summed E-state index contributed by atoms with van der Waals surface area (Å²) in [6, 6.07) is 8.66. The Balaban J connectivity index is 2.10. The summed E-state index contributed by atoms with van der Waals surface area (Å²) >= 11 is 0. The van der Waals surface area contributed by atoms with Crippen LogP contribution in [0.25, 0.3) is 0 Å². The molecular formula is C13H19NO. The van der Waals surface area contributed by atoms with Crippen LogP contribution in [0.15, 0.2) is 24.3 Å². The highest BCUT2D eigenvalue weighted by Gasteiger charge is 2.41. The van der Waals surface area contributed by atoms with Crippen LogP contribution >= 0.6 is 0 Å². The second-order valence-electron chi connectivity index (χ2n) is 4.09. The van der Waals surface area contributed by atoms with Crippen LogP contribution in [-0.2, 0) is 4.74 Å². The normalized spacial score (nSPS) is 23.9. The van der Waals surface area contributed by atoms with Gasteiger partial charge >= 0.3 is 0 Å². The summed E-state index contributed by atoms with van der Waals surface area (Å²) < 4.78 is 5.63. The van der Waals surface area contributed by atoms with Crippen LogP contribution in [0.2, 0.25) is 0 Å². The molecule has 1 aromatic carbocycles. The number of likely N-dealkylation sites (N-methyl/N-ethyl adjacent to an activating group) is 1. The van der Waals surface area contributed by atoms with E-state index >= 15 is 0 Å². The number of anilines is 1. The largest absolute Gasteiger partial charge is 0.348 e. The lowest BCUT2D eigenvalue weighted by molar-refractivity contribution is 0.362. The molecule has 0 bridgehead atoms. The predicted octanol–water partition coefficient (Wildman–Crippen LogP) is 2.96. The smallest absolute Gasteiger partial charge is 0.157 e. The monoisotopic (exact) mass is 205 g/mol. The molecule has 2 rings (SSSR count). The van der Waals surface area contributed by atoms with E-state index in [1.54, 1.807) is 0 Å². The Hall–Kier alpha value is -1.02. The molecule has 2 atom stereocenters. The van der Waals surface area contributed by atoms with Crippen molar-refractivity contribution in [1.29, 1.82) is 0 Å². The number of ether oxygens (including phenoxy) is 1. The van der Waals surface area contributed by atoms with Gasteiger partial charge in [0.25, 0.3) is 0 Å². The molecule has 2 heteroatoms. The first kappa shape index (κ1) is 10.5. The fraction of sp³-hybridized carbons (Fsp3) is 0.538. The summed E-state index contributed by atoms with van der Waals surface area (Å²) in [6.45, 7) is 7.47. The first-order chi connectivity index (χ1) is 7.26. The molecule has 0 radical (unpaired) electrons. The van der Waals surface area contributed by atoms with Crippen LogP contribution in [0.1, 0.15) is 25.8 Å². The zero-order valence-corrected chi connectivity index (χ0v) is 9.73. The van der Waals surface area contributed by atoms with Gasteiger partial charge in [0, 0.05) is 12.2 Å². The van der Waals surface area contributed by atoms with Crippen molar-refractivity contribution in [2.24, 2.45) is 0 Å². The van der Waals surface area contributed by atoms with Crippen molar-refractivity contribution in [2.45, 2.75) is 39.5 Å². The number of hydrogen-bond donors (Lipinski definition) is 0. The van der Waals surface area contributed by atoms with Crippen LogP contribution in [0.3, 0.4) is 0 Å². The van der Waals surface area contributed by atoms with Gasteiger partial charge in [0.15, 0.2) is 6.23 Å². The van der Waals surface area contributed by atoms with E-state index in [0.717, 1.165) is 13.0 Å². The number of rotatable bonds is 4. The van der Waals surface area contributed by atoms with Crippen LogP contribution in [0, 0.1) is 6.92 Å². The second-order valence-corrected chi connectivity index (χ2v) is 4.09. The Morgan fingerprint density at radius 3 is 2.33 bits per heavy atom. The Morgan fingerprint density at radius 1 is 1.20 bits per heavy atom. The zero-order valence-electron chi connectivity index (χ0n) is 9.73. The van der Waals surface area contributed by atoms with Gasteiger partial charge < -0.3 is 9.64 Å². The van der Waals surface area contributed by atoms with Gasteiger partial charge in [0.05, 0.1) is 0 Å². The Bertz CT molecular complexity index is 320. The van der Waals surface area contributed by atoms with Gasteiger partial charge in [0.1, 0.15) is 6.10 Å². The molecule has 82 valence electrons. The predicted molar refractivity (Wildman–Crippen MR) is 63.2 cm³/mol. The quantitative estimate of drug-likeness (QED) is 0.702. The maximum atomic E-state index is 5.63. The SMILES string of the molecule is CCC1OC1N(CC)c1ccc(C)cc1. The van der Waals surface area contributed by atoms with E-state index in [0.29, 0.717) is 12.3 Å². The maximum Gasteiger partial charge on any atom is 0.157 e. The van der Waals surface area contributed by atoms with Crippen LogP contribution in [0.4, 0.5) is 5.69 Å². The number of hydrogen-bond acceptors (Lipinski definition) is 2. The summed E-state index contributed by atoms with van der Waals surface area (Å²) in [7, 11) is 0. The molecule has 0 spiro atoms. The van der Waals surface area contributed by atoms with Crippen molar-refractivity contribution < 1.29 is 4.74 Å². The van der Waals surface area contributed by atoms with Crippen LogP contribution in [0.5, 0.6) is 0 Å². The molecule has 0 amide bonds. The number of epoxide rings is 1. The lowest BCUT2D eigenvalue weighted by atomic mass is 10.2. The number of benzene rings is 1. The standard InChI is InChI=1S/C13H19NO/c1-4-12-13(15-12)14(5-2)11-8-6-10(3)7-9-11/h6-9,12-13H,4-5H2,1-3H3. The molecule has 1 aliphatic rings. The van der Waals surface area contributed by atoms with Gasteiger partial charge in [-0.25, -0.2) is 0 Å². The first-order valence-electron chi connectivity index (χ1n) is 5.75. The van der Waals surface area contributed by atoms with Crippen molar-refractivity contribution >= 4 is 5.69 Å². The van der Waals surface area contributed by atoms with Crippen molar-refractivity contribution in [2.75, 3.05) is 11.4 Å². The van der Waals surface area contributed by atoms with E-state index in [2.05, 4.69) is 49.9 Å². The number of aryl methyl sites for hydroxylation is 1. The van der Waals surface area contributed by atoms with Crippen molar-refractivity contribution in [3.63, 3.8) is 0 Å². The fourth-order valence-corrected chi connectivity index (χ4v) is 1.95. The average Bonchev–Trinajstić information content (AvgIpc) is 3.01. The van der Waals surface area contributed by atoms with Crippen LogP contribution < -0.4 is 4.90 Å². The van der Waals surface area contributed by atoms with Gasteiger partial charge in [-0.05, 0) is 32.4 Å². The van der Waals surface area contributed by atoms with Gasteiger partial charge in [-0.2, -0.15) is 0 Å². The summed E-state index contributed by atoms with van der Waals surface area (Å²) in [6.07, 6.45) is 1.85. The summed E-state index contributed by atoms with van der Waals surface area (Å²) in [4.78, 5) is 2.33. The second kappa shape index (κ2) is 4.23. The minimum absolute atomic E-state index is 0.308. The molecule has 2 unspecified atom stereocenters. The highest BCUT2D eigenvalue weighted by atomic mass is 16.6. The lowest BCUT2D eigenvalue weighted by Gasteiger charge is -2.21. The number of nitrogens with zero attached hydrogens (tertiary/aromatic N) is 1. The summed E-state index contributed by atoms with van der Waals surface area (Å²) in [5, 5.41) is 0. The zero-order chi connectivity index (χ0) is 10.8. The molecule has 1 heterocycles. The van der Waals surface area contributed by atoms with Crippen molar-refractivity contribution in [1.82, 2.24) is 0 Å². The van der Waals surface area contributed by atoms with Gasteiger partial charge in [-0.15, -0.1) is 0 Å². The van der Waals surface area contributed by atoms with Gasteiger partial charge in [-0.1, -0.05) is 24.6 Å². The van der Waals surface area contributed by atoms with E-state index in [4.69, 9.17) is 4.74 Å². The first-order valence-corrected chi connectivity index (χ1v) is 5.75. The van der Waals surface area contributed by atoms with Gasteiger partial charge in [0.2, 0.25) is 0 Å². The van der Waals surface area contributed by atoms with E-state index in [9.17, 15) is 0 Å². The van der Waals surface area contributed by atoms with E-state index in [1.807, 2.05) is 0 Å². The van der Waals surface area contributed by atoms with E-state index in [1.165, 1.54) is 11.3 Å². The third kappa shape index (κ3) is 2.15. The van der Waals surface area contributed by atoms with Crippen molar-refractivity contribution in [3.05, 3.63) is 29.8 Å². The molecule has 15 heavy (non-hydrogen) atoms. The highest BCUT2D eigenvalue weighted by molar-refractivity contribution is 5.49. The average molecular weight is 205 g/mol. The highest BCUT2D eigenvalue weighted by Crippen LogP contribution is 2.32. The minimum Gasteiger partial charge on any atom is -0.348 e. The van der Waals surface area contributed by atoms with Crippen LogP contribution in [-0.4, -0.2) is 18.9 Å². The summed E-state index contributed by atoms with van der Waals surface area (Å²) in [5.41, 5.74) is 2.57. The molecule has 1 saturated heterocycles. The van der Waals surface area contributed by atoms with Crippen molar-refractivity contribution in [3.8, 4) is 0 Å². The Labute approximate surface area is 91.9 Å². The molecule has 0 N–H and O–H groups in total. The van der Waals surface area contributed by atoms with E-state index < -0.39 is 0 Å². The van der Waals surface area contributed by atoms with Gasteiger partial charge in [-0.3, -0.25) is 0 Å². The molecule has 0 saturated carbocycles. The molecule has 0 aromatic heterocycles.